The van der Waals surface area contributed by atoms with Crippen molar-refractivity contribution in [3.05, 3.63) is 60.3 Å². The summed E-state index contributed by atoms with van der Waals surface area (Å²) in [6.45, 7) is 4.54. The van der Waals surface area contributed by atoms with Crippen LogP contribution in [0, 0.1) is 5.92 Å². The molecule has 0 unspecified atom stereocenters. The minimum atomic E-state index is 0.504. The average molecular weight is 322 g/mol. The summed E-state index contributed by atoms with van der Waals surface area (Å²) in [5.74, 6) is 0.504. The number of H-pyrrole nitrogens is 1. The topological polar surface area (TPSA) is 54.0 Å². The molecule has 24 heavy (non-hydrogen) atoms. The highest BCUT2D eigenvalue weighted by Gasteiger charge is 2.19. The lowest BCUT2D eigenvalue weighted by Gasteiger charge is -2.22. The minimum absolute atomic E-state index is 0.504. The molecule has 0 amide bonds. The van der Waals surface area contributed by atoms with Gasteiger partial charge in [-0.3, -0.25) is 9.88 Å². The maximum atomic E-state index is 5.84. The quantitative estimate of drug-likeness (QED) is 0.802. The van der Waals surface area contributed by atoms with Gasteiger partial charge in [0.05, 0.1) is 25.1 Å². The maximum absolute atomic E-state index is 5.84. The first kappa shape index (κ1) is 15.3. The highest BCUT2D eigenvalue weighted by atomic mass is 16.5. The predicted octanol–water partition coefficient (Wildman–Crippen LogP) is 2.65. The van der Waals surface area contributed by atoms with Crippen molar-refractivity contribution in [2.24, 2.45) is 5.92 Å². The third kappa shape index (κ3) is 3.63. The first-order valence-electron chi connectivity index (χ1n) is 8.48. The molecule has 1 fully saturated rings. The molecule has 0 bridgehead atoms. The van der Waals surface area contributed by atoms with Crippen LogP contribution in [0.1, 0.15) is 11.3 Å². The van der Waals surface area contributed by atoms with Crippen molar-refractivity contribution in [2.75, 3.05) is 26.3 Å². The second-order valence-electron chi connectivity index (χ2n) is 6.49. The van der Waals surface area contributed by atoms with E-state index in [-0.39, 0.29) is 0 Å². The number of benzene rings is 1. The van der Waals surface area contributed by atoms with Crippen LogP contribution >= 0.6 is 0 Å². The number of hydrogen-bond acceptors (Lipinski definition) is 4. The number of pyridine rings is 1. The molecule has 5 nitrogen and oxygen atoms in total. The van der Waals surface area contributed by atoms with Gasteiger partial charge in [-0.15, -0.1) is 0 Å². The maximum Gasteiger partial charge on any atom is 0.0922 e. The van der Waals surface area contributed by atoms with Crippen molar-refractivity contribution >= 4 is 10.9 Å². The Kier molecular flexibility index (Phi) is 4.53. The lowest BCUT2D eigenvalue weighted by molar-refractivity contribution is 0.121. The number of rotatable bonds is 4. The normalized spacial score (nSPS) is 19.4. The molecule has 124 valence electrons. The van der Waals surface area contributed by atoms with E-state index < -0.39 is 0 Å². The fourth-order valence-corrected chi connectivity index (χ4v) is 3.42. The molecule has 1 aliphatic heterocycles. The summed E-state index contributed by atoms with van der Waals surface area (Å²) in [6, 6.07) is 10.7. The molecule has 0 spiro atoms. The highest BCUT2D eigenvalue weighted by molar-refractivity contribution is 5.78. The predicted molar refractivity (Wildman–Crippen MR) is 93.6 cm³/mol. The highest BCUT2D eigenvalue weighted by Crippen LogP contribution is 2.19. The van der Waals surface area contributed by atoms with Crippen molar-refractivity contribution in [1.82, 2.24) is 19.9 Å². The number of fused-ring (bicyclic) bond motifs is 1. The third-order valence-corrected chi connectivity index (χ3v) is 4.56. The molecule has 0 saturated carbocycles. The van der Waals surface area contributed by atoms with Crippen LogP contribution in [0.15, 0.2) is 49.1 Å². The summed E-state index contributed by atoms with van der Waals surface area (Å²) >= 11 is 0. The van der Waals surface area contributed by atoms with Gasteiger partial charge in [-0.1, -0.05) is 12.1 Å². The largest absolute Gasteiger partial charge is 0.380 e. The second kappa shape index (κ2) is 7.11. The minimum Gasteiger partial charge on any atom is -0.380 e. The van der Waals surface area contributed by atoms with Crippen molar-refractivity contribution in [3.63, 3.8) is 0 Å². The van der Waals surface area contributed by atoms with Gasteiger partial charge in [-0.25, -0.2) is 4.98 Å². The van der Waals surface area contributed by atoms with Crippen LogP contribution in [0.5, 0.6) is 0 Å². The molecule has 2 aromatic heterocycles. The van der Waals surface area contributed by atoms with E-state index in [1.807, 2.05) is 18.5 Å². The molecule has 1 atom stereocenters. The van der Waals surface area contributed by atoms with E-state index in [2.05, 4.69) is 44.1 Å². The Balaban J connectivity index is 1.45. The second-order valence-corrected chi connectivity index (χ2v) is 6.49. The Labute approximate surface area is 141 Å². The molecule has 1 aliphatic rings. The molecule has 3 aromatic rings. The molecular formula is C19H22N4O. The summed E-state index contributed by atoms with van der Waals surface area (Å²) in [5.41, 5.74) is 3.57. The standard InChI is InChI=1S/C19H22N4O/c1-2-17-9-15(3-4-19(17)21-5-1)8-16-11-23(6-7-24-13-16)12-18-10-20-14-22-18/h1-5,9-10,14,16H,6-8,11-13H2,(H,20,22)/t16-/m0/s1. The summed E-state index contributed by atoms with van der Waals surface area (Å²) in [7, 11) is 0. The molecular weight excluding hydrogens is 300 g/mol. The van der Waals surface area contributed by atoms with Gasteiger partial charge in [0.2, 0.25) is 0 Å². The summed E-state index contributed by atoms with van der Waals surface area (Å²) < 4.78 is 5.84. The van der Waals surface area contributed by atoms with Crippen molar-refractivity contribution < 1.29 is 4.74 Å². The first-order chi connectivity index (χ1) is 11.9. The molecule has 5 heteroatoms. The fourth-order valence-electron chi connectivity index (χ4n) is 3.42. The van der Waals surface area contributed by atoms with Crippen LogP contribution in [-0.2, 0) is 17.7 Å². The van der Waals surface area contributed by atoms with E-state index in [0.29, 0.717) is 5.92 Å². The van der Waals surface area contributed by atoms with Crippen LogP contribution in [0.3, 0.4) is 0 Å². The number of ether oxygens (including phenoxy) is 1. The first-order valence-corrected chi connectivity index (χ1v) is 8.48. The Hall–Kier alpha value is -2.24. The Morgan fingerprint density at radius 2 is 2.29 bits per heavy atom. The number of hydrogen-bond donors (Lipinski definition) is 1. The van der Waals surface area contributed by atoms with E-state index >= 15 is 0 Å². The molecule has 3 heterocycles. The smallest absolute Gasteiger partial charge is 0.0922 e. The molecule has 4 rings (SSSR count). The fraction of sp³-hybridized carbons (Fsp3) is 0.368. The summed E-state index contributed by atoms with van der Waals surface area (Å²) in [5, 5.41) is 1.21. The van der Waals surface area contributed by atoms with Gasteiger partial charge < -0.3 is 9.72 Å². The Morgan fingerprint density at radius 1 is 1.29 bits per heavy atom. The average Bonchev–Trinajstić information content (AvgIpc) is 3.01. The van der Waals surface area contributed by atoms with Crippen LogP contribution < -0.4 is 0 Å². The summed E-state index contributed by atoms with van der Waals surface area (Å²) in [4.78, 5) is 14.1. The van der Waals surface area contributed by atoms with Gasteiger partial charge >= 0.3 is 0 Å². The van der Waals surface area contributed by atoms with Crippen LogP contribution in [0.25, 0.3) is 10.9 Å². The number of nitrogens with one attached hydrogen (secondary N) is 1. The lowest BCUT2D eigenvalue weighted by atomic mass is 9.98. The Bertz CT molecular complexity index is 787. The van der Waals surface area contributed by atoms with Gasteiger partial charge in [-0.2, -0.15) is 0 Å². The number of imidazole rings is 1. The van der Waals surface area contributed by atoms with E-state index in [4.69, 9.17) is 4.74 Å². The zero-order chi connectivity index (χ0) is 16.2. The lowest BCUT2D eigenvalue weighted by Crippen LogP contribution is -2.30. The van der Waals surface area contributed by atoms with Gasteiger partial charge in [0.1, 0.15) is 0 Å². The van der Waals surface area contributed by atoms with E-state index in [1.165, 1.54) is 10.9 Å². The number of aromatic nitrogens is 3. The zero-order valence-corrected chi connectivity index (χ0v) is 13.7. The molecule has 1 aromatic carbocycles. The van der Waals surface area contributed by atoms with Crippen LogP contribution in [0.4, 0.5) is 0 Å². The summed E-state index contributed by atoms with van der Waals surface area (Å²) in [6.07, 6.45) is 6.51. The third-order valence-electron chi connectivity index (χ3n) is 4.56. The number of aromatic amines is 1. The Morgan fingerprint density at radius 3 is 3.21 bits per heavy atom. The molecule has 1 saturated heterocycles. The monoisotopic (exact) mass is 322 g/mol. The van der Waals surface area contributed by atoms with E-state index in [9.17, 15) is 0 Å². The van der Waals surface area contributed by atoms with Gasteiger partial charge in [0, 0.05) is 43.1 Å². The molecule has 0 radical (unpaired) electrons. The number of nitrogens with zero attached hydrogens (tertiary/aromatic N) is 3. The van der Waals surface area contributed by atoms with Crippen LogP contribution in [0.2, 0.25) is 0 Å². The molecule has 0 aliphatic carbocycles. The van der Waals surface area contributed by atoms with E-state index in [1.54, 1.807) is 6.33 Å². The van der Waals surface area contributed by atoms with Gasteiger partial charge in [0.25, 0.3) is 0 Å². The van der Waals surface area contributed by atoms with Gasteiger partial charge in [0.15, 0.2) is 0 Å². The van der Waals surface area contributed by atoms with Crippen molar-refractivity contribution in [3.8, 4) is 0 Å². The van der Waals surface area contributed by atoms with Gasteiger partial charge in [-0.05, 0) is 36.1 Å². The van der Waals surface area contributed by atoms with Crippen LogP contribution in [-0.4, -0.2) is 46.2 Å². The van der Waals surface area contributed by atoms with Crippen molar-refractivity contribution in [2.45, 2.75) is 13.0 Å². The SMILES string of the molecule is c1cnc2ccc(C[C@@H]3COCCN(Cc4cnc[nH]4)C3)cc2c1. The molecule has 1 N–H and O–H groups in total. The zero-order valence-electron chi connectivity index (χ0n) is 13.7. The van der Waals surface area contributed by atoms with E-state index in [0.717, 1.165) is 50.5 Å². The van der Waals surface area contributed by atoms with Crippen molar-refractivity contribution in [1.29, 1.82) is 0 Å².